The minimum Gasteiger partial charge on any atom is -0.370 e. The fourth-order valence-electron chi connectivity index (χ4n) is 2.88. The summed E-state index contributed by atoms with van der Waals surface area (Å²) in [6, 6.07) is 17.1. The number of morpholine rings is 1. The van der Waals surface area contributed by atoms with Gasteiger partial charge in [-0.05, 0) is 29.3 Å². The predicted octanol–water partition coefficient (Wildman–Crippen LogP) is 2.66. The largest absolute Gasteiger partial charge is 0.370 e. The van der Waals surface area contributed by atoms with Crippen LogP contribution in [0.3, 0.4) is 0 Å². The van der Waals surface area contributed by atoms with Crippen molar-refractivity contribution in [3.63, 3.8) is 0 Å². The van der Waals surface area contributed by atoms with Gasteiger partial charge in [0.2, 0.25) is 5.91 Å². The van der Waals surface area contributed by atoms with Gasteiger partial charge in [0.15, 0.2) is 0 Å². The molecule has 5 heteroatoms. The molecule has 1 unspecified atom stereocenters. The Morgan fingerprint density at radius 1 is 1.12 bits per heavy atom. The summed E-state index contributed by atoms with van der Waals surface area (Å²) in [5.74, 6) is -0.165. The SMILES string of the molecule is CNC(=O)c1ccc(/C=C/C(=O)N2CCOC(c3ccccc3)C2)cc1. The zero-order valence-corrected chi connectivity index (χ0v) is 14.7. The average molecular weight is 350 g/mol. The highest BCUT2D eigenvalue weighted by atomic mass is 16.5. The molecule has 0 aromatic heterocycles. The number of carbonyl (C=O) groups excluding carboxylic acids is 2. The number of ether oxygens (including phenoxy) is 1. The summed E-state index contributed by atoms with van der Waals surface area (Å²) in [6.45, 7) is 1.66. The average Bonchev–Trinajstić information content (AvgIpc) is 2.72. The summed E-state index contributed by atoms with van der Waals surface area (Å²) < 4.78 is 5.80. The van der Waals surface area contributed by atoms with Crippen LogP contribution < -0.4 is 5.32 Å². The first-order valence-electron chi connectivity index (χ1n) is 8.63. The molecule has 0 saturated carbocycles. The second-order valence-electron chi connectivity index (χ2n) is 6.09. The fourth-order valence-corrected chi connectivity index (χ4v) is 2.88. The van der Waals surface area contributed by atoms with E-state index in [1.165, 1.54) is 0 Å². The summed E-state index contributed by atoms with van der Waals surface area (Å²) >= 11 is 0. The maximum atomic E-state index is 12.5. The molecule has 0 aliphatic carbocycles. The van der Waals surface area contributed by atoms with Crippen molar-refractivity contribution in [3.05, 3.63) is 77.4 Å². The second kappa shape index (κ2) is 8.45. The van der Waals surface area contributed by atoms with Crippen LogP contribution >= 0.6 is 0 Å². The Labute approximate surface area is 153 Å². The Hall–Kier alpha value is -2.92. The highest BCUT2D eigenvalue weighted by Crippen LogP contribution is 2.22. The highest BCUT2D eigenvalue weighted by molar-refractivity contribution is 5.94. The monoisotopic (exact) mass is 350 g/mol. The van der Waals surface area contributed by atoms with Gasteiger partial charge in [-0.2, -0.15) is 0 Å². The van der Waals surface area contributed by atoms with E-state index < -0.39 is 0 Å². The van der Waals surface area contributed by atoms with Crippen LogP contribution in [0.2, 0.25) is 0 Å². The van der Waals surface area contributed by atoms with Crippen molar-refractivity contribution >= 4 is 17.9 Å². The molecule has 134 valence electrons. The number of hydrogen-bond donors (Lipinski definition) is 1. The molecule has 3 rings (SSSR count). The van der Waals surface area contributed by atoms with E-state index in [0.717, 1.165) is 11.1 Å². The summed E-state index contributed by atoms with van der Waals surface area (Å²) in [4.78, 5) is 25.8. The first-order valence-corrected chi connectivity index (χ1v) is 8.63. The van der Waals surface area contributed by atoms with Gasteiger partial charge in [0.1, 0.15) is 6.10 Å². The Morgan fingerprint density at radius 2 is 1.85 bits per heavy atom. The molecular weight excluding hydrogens is 328 g/mol. The lowest BCUT2D eigenvalue weighted by atomic mass is 10.1. The standard InChI is InChI=1S/C21H22N2O3/c1-22-21(25)18-10-7-16(8-11-18)9-12-20(24)23-13-14-26-19(15-23)17-5-3-2-4-6-17/h2-12,19H,13-15H2,1H3,(H,22,25)/b12-9+. The van der Waals surface area contributed by atoms with Gasteiger partial charge in [0.05, 0.1) is 13.2 Å². The van der Waals surface area contributed by atoms with E-state index >= 15 is 0 Å². The van der Waals surface area contributed by atoms with Gasteiger partial charge < -0.3 is 15.0 Å². The van der Waals surface area contributed by atoms with Gasteiger partial charge in [-0.1, -0.05) is 42.5 Å². The third-order valence-corrected chi connectivity index (χ3v) is 4.37. The van der Waals surface area contributed by atoms with Crippen molar-refractivity contribution < 1.29 is 14.3 Å². The molecule has 2 amide bonds. The summed E-state index contributed by atoms with van der Waals surface area (Å²) in [5.41, 5.74) is 2.55. The highest BCUT2D eigenvalue weighted by Gasteiger charge is 2.23. The molecule has 1 aliphatic heterocycles. The van der Waals surface area contributed by atoms with Gasteiger partial charge in [-0.25, -0.2) is 0 Å². The quantitative estimate of drug-likeness (QED) is 0.863. The van der Waals surface area contributed by atoms with E-state index in [4.69, 9.17) is 4.74 Å². The third kappa shape index (κ3) is 4.37. The van der Waals surface area contributed by atoms with E-state index in [-0.39, 0.29) is 17.9 Å². The van der Waals surface area contributed by atoms with Gasteiger partial charge in [0.25, 0.3) is 5.91 Å². The number of rotatable bonds is 4. The molecule has 1 heterocycles. The lowest BCUT2D eigenvalue weighted by molar-refractivity contribution is -0.133. The van der Waals surface area contributed by atoms with E-state index in [0.29, 0.717) is 25.3 Å². The number of carbonyl (C=O) groups is 2. The Balaban J connectivity index is 1.62. The van der Waals surface area contributed by atoms with Gasteiger partial charge in [0, 0.05) is 25.2 Å². The van der Waals surface area contributed by atoms with E-state index in [1.807, 2.05) is 42.5 Å². The van der Waals surface area contributed by atoms with Crippen LogP contribution in [0, 0.1) is 0 Å². The van der Waals surface area contributed by atoms with Crippen LogP contribution in [-0.4, -0.2) is 43.5 Å². The topological polar surface area (TPSA) is 58.6 Å². The number of nitrogens with zero attached hydrogens (tertiary/aromatic N) is 1. The van der Waals surface area contributed by atoms with E-state index in [9.17, 15) is 9.59 Å². The van der Waals surface area contributed by atoms with Crippen molar-refractivity contribution in [1.29, 1.82) is 0 Å². The van der Waals surface area contributed by atoms with Crippen LogP contribution in [0.15, 0.2) is 60.7 Å². The van der Waals surface area contributed by atoms with Crippen molar-refractivity contribution in [2.45, 2.75) is 6.10 Å². The summed E-state index contributed by atoms with van der Waals surface area (Å²) in [6.07, 6.45) is 3.25. The Morgan fingerprint density at radius 3 is 2.54 bits per heavy atom. The molecule has 1 aliphatic rings. The van der Waals surface area contributed by atoms with Crippen LogP contribution in [0.4, 0.5) is 0 Å². The molecule has 1 saturated heterocycles. The summed E-state index contributed by atoms with van der Waals surface area (Å²) in [5, 5.41) is 2.58. The molecule has 1 atom stereocenters. The van der Waals surface area contributed by atoms with E-state index in [2.05, 4.69) is 5.32 Å². The van der Waals surface area contributed by atoms with Crippen molar-refractivity contribution in [3.8, 4) is 0 Å². The fraction of sp³-hybridized carbons (Fsp3) is 0.238. The molecule has 0 radical (unpaired) electrons. The first-order chi connectivity index (χ1) is 12.7. The Kier molecular flexibility index (Phi) is 5.81. The minimum absolute atomic E-state index is 0.0374. The van der Waals surface area contributed by atoms with Crippen molar-refractivity contribution in [1.82, 2.24) is 10.2 Å². The molecule has 0 spiro atoms. The molecule has 1 fully saturated rings. The van der Waals surface area contributed by atoms with Crippen LogP contribution in [0.25, 0.3) is 6.08 Å². The lowest BCUT2D eigenvalue weighted by Gasteiger charge is -2.32. The molecule has 26 heavy (non-hydrogen) atoms. The van der Waals surface area contributed by atoms with Crippen LogP contribution in [0.5, 0.6) is 0 Å². The van der Waals surface area contributed by atoms with Gasteiger partial charge in [-0.15, -0.1) is 0 Å². The molecular formula is C21H22N2O3. The number of nitrogens with one attached hydrogen (secondary N) is 1. The van der Waals surface area contributed by atoms with E-state index in [1.54, 1.807) is 36.2 Å². The zero-order chi connectivity index (χ0) is 18.4. The first kappa shape index (κ1) is 17.9. The molecule has 2 aromatic rings. The predicted molar refractivity (Wildman–Crippen MR) is 101 cm³/mol. The molecule has 2 aromatic carbocycles. The minimum atomic E-state index is -0.128. The third-order valence-electron chi connectivity index (χ3n) is 4.37. The van der Waals surface area contributed by atoms with Crippen molar-refractivity contribution in [2.24, 2.45) is 0 Å². The van der Waals surface area contributed by atoms with Crippen LogP contribution in [-0.2, 0) is 9.53 Å². The smallest absolute Gasteiger partial charge is 0.251 e. The summed E-state index contributed by atoms with van der Waals surface area (Å²) in [7, 11) is 1.60. The number of amides is 2. The maximum absolute atomic E-state index is 12.5. The Bertz CT molecular complexity index is 785. The van der Waals surface area contributed by atoms with Crippen molar-refractivity contribution in [2.75, 3.05) is 26.7 Å². The molecule has 5 nitrogen and oxygen atoms in total. The van der Waals surface area contributed by atoms with Crippen LogP contribution in [0.1, 0.15) is 27.6 Å². The lowest BCUT2D eigenvalue weighted by Crippen LogP contribution is -2.41. The molecule has 0 bridgehead atoms. The number of hydrogen-bond acceptors (Lipinski definition) is 3. The second-order valence-corrected chi connectivity index (χ2v) is 6.09. The maximum Gasteiger partial charge on any atom is 0.251 e. The van der Waals surface area contributed by atoms with Gasteiger partial charge >= 0.3 is 0 Å². The van der Waals surface area contributed by atoms with Gasteiger partial charge in [-0.3, -0.25) is 9.59 Å². The zero-order valence-electron chi connectivity index (χ0n) is 14.7. The molecule has 1 N–H and O–H groups in total. The number of benzene rings is 2. The normalized spacial score (nSPS) is 17.3.